The molecule has 34 heavy (non-hydrogen) atoms. The highest BCUT2D eigenvalue weighted by Gasteiger charge is 2.27. The summed E-state index contributed by atoms with van der Waals surface area (Å²) in [7, 11) is 2.15. The third-order valence-electron chi connectivity index (χ3n) is 6.96. The largest absolute Gasteiger partial charge is 0.287 e. The summed E-state index contributed by atoms with van der Waals surface area (Å²) in [6.45, 7) is 0. The average molecular weight is 438 g/mol. The molecule has 0 amide bonds. The zero-order valence-corrected chi connectivity index (χ0v) is 18.9. The molecule has 0 spiro atoms. The Bertz CT molecular complexity index is 1700. The zero-order chi connectivity index (χ0) is 22.6. The molecule has 3 nitrogen and oxygen atoms in total. The van der Waals surface area contributed by atoms with Crippen molar-refractivity contribution >= 4 is 38.3 Å². The first-order chi connectivity index (χ1) is 16.8. The SMILES string of the molecule is CN(C(N=C1c2cccc1c2)c1ccccc1)n1c2ccccc2c2c3ccccc3ccc21. The molecule has 1 aromatic heterocycles. The highest BCUT2D eigenvalue weighted by molar-refractivity contribution is 6.24. The summed E-state index contributed by atoms with van der Waals surface area (Å²) in [4.78, 5) is 5.30. The van der Waals surface area contributed by atoms with E-state index in [-0.39, 0.29) is 6.17 Å². The van der Waals surface area contributed by atoms with Gasteiger partial charge in [0.1, 0.15) is 0 Å². The summed E-state index contributed by atoms with van der Waals surface area (Å²) >= 11 is 0. The Morgan fingerprint density at radius 3 is 2.29 bits per heavy atom. The van der Waals surface area contributed by atoms with Crippen LogP contribution in [-0.2, 0) is 0 Å². The molecule has 2 aliphatic rings. The first-order valence-corrected chi connectivity index (χ1v) is 11.7. The van der Waals surface area contributed by atoms with Gasteiger partial charge < -0.3 is 0 Å². The molecule has 1 atom stereocenters. The van der Waals surface area contributed by atoms with Crippen LogP contribution in [0.3, 0.4) is 0 Å². The van der Waals surface area contributed by atoms with Crippen molar-refractivity contribution in [2.75, 3.05) is 12.1 Å². The summed E-state index contributed by atoms with van der Waals surface area (Å²) in [6, 6.07) is 32.4. The maximum atomic E-state index is 5.30. The van der Waals surface area contributed by atoms with Crippen molar-refractivity contribution in [1.82, 2.24) is 4.68 Å². The number of benzene rings is 4. The highest BCUT2D eigenvalue weighted by Crippen LogP contribution is 2.37. The molecule has 1 unspecified atom stereocenters. The van der Waals surface area contributed by atoms with E-state index in [1.165, 1.54) is 49.3 Å². The molecule has 0 radical (unpaired) electrons. The molecule has 0 saturated carbocycles. The van der Waals surface area contributed by atoms with E-state index in [1.54, 1.807) is 0 Å². The fourth-order valence-corrected chi connectivity index (χ4v) is 5.34. The number of rotatable bonds is 4. The molecule has 2 bridgehead atoms. The Labute approximate surface area is 198 Å². The Balaban J connectivity index is 1.49. The van der Waals surface area contributed by atoms with Gasteiger partial charge in [0, 0.05) is 29.0 Å². The summed E-state index contributed by atoms with van der Waals surface area (Å²) in [5.41, 5.74) is 7.05. The van der Waals surface area contributed by atoms with Gasteiger partial charge in [-0.25, -0.2) is 0 Å². The molecule has 7 rings (SSSR count). The van der Waals surface area contributed by atoms with Gasteiger partial charge in [-0.05, 0) is 34.5 Å². The van der Waals surface area contributed by atoms with Crippen molar-refractivity contribution in [3.8, 4) is 0 Å². The van der Waals surface area contributed by atoms with Crippen molar-refractivity contribution in [1.29, 1.82) is 0 Å². The minimum absolute atomic E-state index is 0.166. The molecule has 162 valence electrons. The first-order valence-electron chi connectivity index (χ1n) is 11.7. The van der Waals surface area contributed by atoms with Crippen LogP contribution in [-0.4, -0.2) is 17.4 Å². The number of aliphatic imine (C=N–C) groups is 1. The molecule has 0 saturated heterocycles. The van der Waals surface area contributed by atoms with Crippen molar-refractivity contribution in [2.45, 2.75) is 6.17 Å². The number of allylic oxidation sites excluding steroid dienone is 6. The second kappa shape index (κ2) is 7.32. The minimum atomic E-state index is -0.166. The van der Waals surface area contributed by atoms with Gasteiger partial charge in [-0.2, -0.15) is 0 Å². The van der Waals surface area contributed by atoms with Crippen LogP contribution in [0.5, 0.6) is 0 Å². The van der Waals surface area contributed by atoms with E-state index in [0.717, 1.165) is 5.71 Å². The summed E-state index contributed by atoms with van der Waals surface area (Å²) in [6.07, 6.45) is 8.41. The summed E-state index contributed by atoms with van der Waals surface area (Å²) in [5.74, 6) is 0. The number of hydrogen-bond donors (Lipinski definition) is 0. The predicted molar refractivity (Wildman–Crippen MR) is 143 cm³/mol. The van der Waals surface area contributed by atoms with E-state index in [2.05, 4.69) is 132 Å². The molecule has 1 heterocycles. The number of hydrogen-bond acceptors (Lipinski definition) is 2. The average Bonchev–Trinajstić information content (AvgIpc) is 3.24. The maximum absolute atomic E-state index is 5.30. The number of para-hydroxylation sites is 1. The molecule has 0 aliphatic heterocycles. The lowest BCUT2D eigenvalue weighted by Gasteiger charge is -2.32. The van der Waals surface area contributed by atoms with Gasteiger partial charge in [-0.1, -0.05) is 97.1 Å². The molecule has 3 heteroatoms. The van der Waals surface area contributed by atoms with E-state index in [1.807, 2.05) is 0 Å². The first kappa shape index (κ1) is 19.1. The van der Waals surface area contributed by atoms with E-state index in [9.17, 15) is 0 Å². The van der Waals surface area contributed by atoms with E-state index >= 15 is 0 Å². The summed E-state index contributed by atoms with van der Waals surface area (Å²) in [5, 5.41) is 7.36. The Morgan fingerprint density at radius 1 is 0.735 bits per heavy atom. The van der Waals surface area contributed by atoms with Gasteiger partial charge in [0.2, 0.25) is 0 Å². The number of nitrogens with zero attached hydrogens (tertiary/aromatic N) is 3. The fraction of sp³-hybridized carbons (Fsp3) is 0.0645. The van der Waals surface area contributed by atoms with Crippen LogP contribution in [0.4, 0.5) is 0 Å². The number of aromatic nitrogens is 1. The van der Waals surface area contributed by atoms with Crippen molar-refractivity contribution in [3.63, 3.8) is 0 Å². The minimum Gasteiger partial charge on any atom is -0.287 e. The van der Waals surface area contributed by atoms with Crippen LogP contribution in [0.25, 0.3) is 32.6 Å². The lowest BCUT2D eigenvalue weighted by Crippen LogP contribution is -2.34. The van der Waals surface area contributed by atoms with E-state index in [4.69, 9.17) is 4.99 Å². The Morgan fingerprint density at radius 2 is 1.50 bits per heavy atom. The maximum Gasteiger partial charge on any atom is 0.161 e. The van der Waals surface area contributed by atoms with E-state index < -0.39 is 0 Å². The Kier molecular flexibility index (Phi) is 4.12. The zero-order valence-electron chi connectivity index (χ0n) is 18.9. The molecule has 2 aliphatic carbocycles. The molecule has 0 fully saturated rings. The van der Waals surface area contributed by atoms with Crippen LogP contribution < -0.4 is 5.01 Å². The smallest absolute Gasteiger partial charge is 0.161 e. The molecule has 4 aromatic carbocycles. The summed E-state index contributed by atoms with van der Waals surface area (Å²) < 4.78 is 2.34. The molecular formula is C31H23N3. The lowest BCUT2D eigenvalue weighted by atomic mass is 9.85. The lowest BCUT2D eigenvalue weighted by molar-refractivity contribution is 0.569. The van der Waals surface area contributed by atoms with Crippen LogP contribution in [0.15, 0.2) is 131 Å². The Hall–Kier alpha value is -4.37. The van der Waals surface area contributed by atoms with Gasteiger partial charge >= 0.3 is 0 Å². The third-order valence-corrected chi connectivity index (χ3v) is 6.96. The topological polar surface area (TPSA) is 20.5 Å². The second-order valence-electron chi connectivity index (χ2n) is 8.93. The predicted octanol–water partition coefficient (Wildman–Crippen LogP) is 7.09. The van der Waals surface area contributed by atoms with Gasteiger partial charge in [0.25, 0.3) is 0 Å². The van der Waals surface area contributed by atoms with Crippen LogP contribution in [0.2, 0.25) is 0 Å². The molecule has 0 N–H and O–H groups in total. The van der Waals surface area contributed by atoms with Crippen molar-refractivity contribution in [2.24, 2.45) is 4.99 Å². The van der Waals surface area contributed by atoms with Crippen molar-refractivity contribution < 1.29 is 0 Å². The van der Waals surface area contributed by atoms with Crippen LogP contribution >= 0.6 is 0 Å². The van der Waals surface area contributed by atoms with Crippen LogP contribution in [0.1, 0.15) is 11.7 Å². The normalized spacial score (nSPS) is 16.6. The highest BCUT2D eigenvalue weighted by atomic mass is 15.6. The second-order valence-corrected chi connectivity index (χ2v) is 8.93. The molecule has 5 aromatic rings. The fourth-order valence-electron chi connectivity index (χ4n) is 5.34. The van der Waals surface area contributed by atoms with Crippen LogP contribution in [0, 0.1) is 0 Å². The standard InChI is InChI=1S/C31H23N3/c1-33(31(22-11-3-2-4-12-22)32-30-23-13-9-14-24(30)20-23)34-27-17-8-7-16-26(27)29-25-15-6-5-10-21(25)18-19-28(29)34/h2-20,31H,1H3. The monoisotopic (exact) mass is 437 g/mol. The third kappa shape index (κ3) is 2.74. The molecular weight excluding hydrogens is 414 g/mol. The van der Waals surface area contributed by atoms with Gasteiger partial charge in [0.15, 0.2) is 6.17 Å². The van der Waals surface area contributed by atoms with Gasteiger partial charge in [-0.15, -0.1) is 0 Å². The van der Waals surface area contributed by atoms with Gasteiger partial charge in [0.05, 0.1) is 16.7 Å². The number of fused-ring (bicyclic) bond motifs is 7. The van der Waals surface area contributed by atoms with Crippen molar-refractivity contribution in [3.05, 3.63) is 132 Å². The van der Waals surface area contributed by atoms with Gasteiger partial charge in [-0.3, -0.25) is 14.7 Å². The quantitative estimate of drug-likeness (QED) is 0.294. The van der Waals surface area contributed by atoms with E-state index in [0.29, 0.717) is 0 Å².